The first-order chi connectivity index (χ1) is 5.11. The molecule has 0 aliphatic carbocycles. The van der Waals surface area contributed by atoms with E-state index in [2.05, 4.69) is 0 Å². The molecular weight excluding hydrogens is 142 g/mol. The van der Waals surface area contributed by atoms with Crippen molar-refractivity contribution in [2.75, 3.05) is 19.7 Å². The summed E-state index contributed by atoms with van der Waals surface area (Å²) in [6, 6.07) is 0. The van der Waals surface area contributed by atoms with E-state index in [0.29, 0.717) is 6.42 Å². The highest BCUT2D eigenvalue weighted by atomic mass is 16.3. The summed E-state index contributed by atoms with van der Waals surface area (Å²) in [7, 11) is 0. The molecule has 0 saturated carbocycles. The Kier molecular flexibility index (Phi) is 2.18. The molecule has 1 heterocycles. The minimum atomic E-state index is -0.0230. The molecule has 0 aromatic rings. The Labute approximate surface area is 67.0 Å². The first-order valence-electron chi connectivity index (χ1n) is 4.00. The second-order valence-electron chi connectivity index (χ2n) is 3.57. The van der Waals surface area contributed by atoms with Crippen molar-refractivity contribution in [1.82, 2.24) is 4.90 Å². The smallest absolute Gasteiger partial charge is 0.222 e. The van der Waals surface area contributed by atoms with E-state index in [9.17, 15) is 4.79 Å². The van der Waals surface area contributed by atoms with Crippen LogP contribution in [0.4, 0.5) is 0 Å². The first kappa shape index (κ1) is 8.53. The Morgan fingerprint density at radius 1 is 1.64 bits per heavy atom. The number of amides is 1. The second kappa shape index (κ2) is 2.81. The molecule has 1 aliphatic rings. The molecule has 0 spiro atoms. The normalized spacial score (nSPS) is 21.2. The van der Waals surface area contributed by atoms with Gasteiger partial charge in [-0.15, -0.1) is 0 Å². The third kappa shape index (κ3) is 1.53. The van der Waals surface area contributed by atoms with Crippen LogP contribution in [0.25, 0.3) is 0 Å². The van der Waals surface area contributed by atoms with Crippen LogP contribution in [0.5, 0.6) is 0 Å². The molecule has 3 nitrogen and oxygen atoms in total. The molecule has 64 valence electrons. The summed E-state index contributed by atoms with van der Waals surface area (Å²) in [5, 5.41) is 8.88. The third-order valence-electron chi connectivity index (χ3n) is 2.18. The fourth-order valence-corrected chi connectivity index (χ4v) is 1.38. The van der Waals surface area contributed by atoms with Crippen molar-refractivity contribution < 1.29 is 9.90 Å². The monoisotopic (exact) mass is 157 g/mol. The summed E-state index contributed by atoms with van der Waals surface area (Å²) in [6.45, 7) is 5.47. The Hall–Kier alpha value is -0.570. The molecule has 0 aromatic heterocycles. The van der Waals surface area contributed by atoms with Crippen LogP contribution in [0.15, 0.2) is 0 Å². The topological polar surface area (TPSA) is 40.5 Å². The zero-order valence-corrected chi connectivity index (χ0v) is 7.13. The van der Waals surface area contributed by atoms with Crippen LogP contribution in [0, 0.1) is 5.41 Å². The Morgan fingerprint density at radius 3 is 2.55 bits per heavy atom. The highest BCUT2D eigenvalue weighted by molar-refractivity contribution is 5.76. The van der Waals surface area contributed by atoms with E-state index >= 15 is 0 Å². The third-order valence-corrected chi connectivity index (χ3v) is 2.18. The lowest BCUT2D eigenvalue weighted by atomic mass is 9.83. The molecule has 1 aliphatic heterocycles. The van der Waals surface area contributed by atoms with Crippen molar-refractivity contribution in [3.8, 4) is 0 Å². The minimum Gasteiger partial charge on any atom is -0.396 e. The Morgan fingerprint density at radius 2 is 2.18 bits per heavy atom. The van der Waals surface area contributed by atoms with Gasteiger partial charge in [0.15, 0.2) is 0 Å². The molecule has 1 fully saturated rings. The summed E-state index contributed by atoms with van der Waals surface area (Å²) in [5.74, 6) is 0.191. The molecule has 1 amide bonds. The zero-order valence-electron chi connectivity index (χ0n) is 7.13. The van der Waals surface area contributed by atoms with Gasteiger partial charge in [0.05, 0.1) is 6.61 Å². The van der Waals surface area contributed by atoms with Gasteiger partial charge >= 0.3 is 0 Å². The van der Waals surface area contributed by atoms with Crippen LogP contribution in [0.1, 0.15) is 20.3 Å². The Bertz CT molecular complexity index is 161. The highest BCUT2D eigenvalue weighted by Crippen LogP contribution is 2.29. The molecule has 0 atom stereocenters. The van der Waals surface area contributed by atoms with Crippen LogP contribution >= 0.6 is 0 Å². The van der Waals surface area contributed by atoms with Crippen LogP contribution < -0.4 is 0 Å². The van der Waals surface area contributed by atoms with E-state index in [1.54, 1.807) is 4.90 Å². The van der Waals surface area contributed by atoms with E-state index in [0.717, 1.165) is 13.1 Å². The number of carbonyl (C=O) groups excluding carboxylic acids is 1. The molecule has 1 rings (SSSR count). The van der Waals surface area contributed by atoms with Crippen LogP contribution in [0.3, 0.4) is 0 Å². The van der Waals surface area contributed by atoms with Gasteiger partial charge < -0.3 is 10.0 Å². The summed E-state index contributed by atoms with van der Waals surface area (Å²) in [4.78, 5) is 12.8. The van der Waals surface area contributed by atoms with Crippen molar-refractivity contribution in [3.63, 3.8) is 0 Å². The van der Waals surface area contributed by atoms with Crippen molar-refractivity contribution in [2.45, 2.75) is 20.3 Å². The lowest BCUT2D eigenvalue weighted by molar-refractivity contribution is -0.144. The van der Waals surface area contributed by atoms with E-state index in [-0.39, 0.29) is 17.9 Å². The van der Waals surface area contributed by atoms with Gasteiger partial charge in [-0.25, -0.2) is 0 Å². The predicted octanol–water partition coefficient (Wildman–Crippen LogP) is 0.237. The molecule has 0 unspecified atom stereocenters. The number of aliphatic hydroxyl groups is 1. The van der Waals surface area contributed by atoms with E-state index in [4.69, 9.17) is 5.11 Å². The number of hydrogen-bond acceptors (Lipinski definition) is 2. The maximum Gasteiger partial charge on any atom is 0.222 e. The predicted molar refractivity (Wildman–Crippen MR) is 42.1 cm³/mol. The van der Waals surface area contributed by atoms with E-state index in [1.165, 1.54) is 0 Å². The van der Waals surface area contributed by atoms with Crippen LogP contribution in [-0.4, -0.2) is 35.6 Å². The molecule has 3 heteroatoms. The molecule has 0 radical (unpaired) electrons. The number of likely N-dealkylation sites (tertiary alicyclic amines) is 1. The quantitative estimate of drug-likeness (QED) is 0.623. The van der Waals surface area contributed by atoms with Gasteiger partial charge in [-0.05, 0) is 0 Å². The van der Waals surface area contributed by atoms with Gasteiger partial charge in [-0.3, -0.25) is 4.79 Å². The summed E-state index contributed by atoms with van der Waals surface area (Å²) < 4.78 is 0. The molecule has 0 bridgehead atoms. The van der Waals surface area contributed by atoms with Gasteiger partial charge in [0, 0.05) is 24.9 Å². The summed E-state index contributed by atoms with van der Waals surface area (Å²) >= 11 is 0. The second-order valence-corrected chi connectivity index (χ2v) is 3.57. The van der Waals surface area contributed by atoms with Crippen molar-refractivity contribution in [1.29, 1.82) is 0 Å². The van der Waals surface area contributed by atoms with Crippen molar-refractivity contribution in [3.05, 3.63) is 0 Å². The van der Waals surface area contributed by atoms with Gasteiger partial charge in [-0.1, -0.05) is 13.8 Å². The van der Waals surface area contributed by atoms with E-state index in [1.807, 2.05) is 13.8 Å². The largest absolute Gasteiger partial charge is 0.396 e. The number of nitrogens with zero attached hydrogens (tertiary/aromatic N) is 1. The number of hydrogen-bond donors (Lipinski definition) is 1. The minimum absolute atomic E-state index is 0.0230. The molecule has 0 aromatic carbocycles. The lowest BCUT2D eigenvalue weighted by Crippen LogP contribution is -2.58. The van der Waals surface area contributed by atoms with Crippen molar-refractivity contribution >= 4 is 5.91 Å². The summed E-state index contributed by atoms with van der Waals surface area (Å²) in [6.07, 6.45) is 0.571. The average molecular weight is 157 g/mol. The first-order valence-corrected chi connectivity index (χ1v) is 4.00. The van der Waals surface area contributed by atoms with Gasteiger partial charge in [0.2, 0.25) is 5.91 Å². The van der Waals surface area contributed by atoms with Crippen molar-refractivity contribution in [2.24, 2.45) is 5.41 Å². The molecule has 11 heavy (non-hydrogen) atoms. The molecular formula is C8H15NO2. The number of rotatable bonds is 2. The van der Waals surface area contributed by atoms with Crippen LogP contribution in [0.2, 0.25) is 0 Å². The zero-order chi connectivity index (χ0) is 8.48. The van der Waals surface area contributed by atoms with Gasteiger partial charge in [-0.2, -0.15) is 0 Å². The maximum absolute atomic E-state index is 11.0. The lowest BCUT2D eigenvalue weighted by Gasteiger charge is -2.46. The fourth-order valence-electron chi connectivity index (χ4n) is 1.38. The molecule has 1 saturated heterocycles. The fraction of sp³-hybridized carbons (Fsp3) is 0.875. The molecule has 1 N–H and O–H groups in total. The highest BCUT2D eigenvalue weighted by Gasteiger charge is 2.39. The SMILES string of the molecule is CCC(=O)N1CC(C)(CO)C1. The Balaban J connectivity index is 2.34. The standard InChI is InChI=1S/C8H15NO2/c1-3-7(11)9-4-8(2,5-9)6-10/h10H,3-6H2,1-2H3. The van der Waals surface area contributed by atoms with Gasteiger partial charge in [0.1, 0.15) is 0 Å². The average Bonchev–Trinajstić information content (AvgIpc) is 1.97. The van der Waals surface area contributed by atoms with Crippen LogP contribution in [-0.2, 0) is 4.79 Å². The van der Waals surface area contributed by atoms with Gasteiger partial charge in [0.25, 0.3) is 0 Å². The van der Waals surface area contributed by atoms with E-state index < -0.39 is 0 Å². The number of carbonyl (C=O) groups is 1. The number of aliphatic hydroxyl groups excluding tert-OH is 1. The summed E-state index contributed by atoms with van der Waals surface area (Å²) in [5.41, 5.74) is -0.0230. The maximum atomic E-state index is 11.0.